The number of nitrogens with zero attached hydrogens (tertiary/aromatic N) is 2. The van der Waals surface area contributed by atoms with Crippen molar-refractivity contribution in [3.63, 3.8) is 0 Å². The van der Waals surface area contributed by atoms with E-state index in [2.05, 4.69) is 23.1 Å². The van der Waals surface area contributed by atoms with Crippen molar-refractivity contribution < 1.29 is 8.42 Å². The van der Waals surface area contributed by atoms with Crippen LogP contribution >= 0.6 is 0 Å². The molecule has 1 aliphatic heterocycles. The normalized spacial score (nSPS) is 22.0. The molecule has 0 spiro atoms. The van der Waals surface area contributed by atoms with Crippen LogP contribution in [0.25, 0.3) is 0 Å². The molecular formula is C20H24N2O2S. The summed E-state index contributed by atoms with van der Waals surface area (Å²) in [6, 6.07) is 18.0. The largest absolute Gasteiger partial charge is 0.355 e. The molecule has 0 amide bonds. The zero-order valence-electron chi connectivity index (χ0n) is 14.7. The standard InChI is InChI=1S/C20H24N2O2S/c1-16-13-17(2)15-22(14-16)20(18-9-5-3-6-10-18)21-25(23,24)19-11-7-4-8-12-19/h3-12,16-17H,13-15H2,1-2H3/b21-20-. The van der Waals surface area contributed by atoms with Crippen LogP contribution in [-0.4, -0.2) is 32.2 Å². The SMILES string of the molecule is CC1CC(C)CN(/C(=N\S(=O)(=O)c2ccccc2)c2ccccc2)C1. The molecular weight excluding hydrogens is 332 g/mol. The van der Waals surface area contributed by atoms with E-state index >= 15 is 0 Å². The van der Waals surface area contributed by atoms with Gasteiger partial charge < -0.3 is 4.90 Å². The van der Waals surface area contributed by atoms with Crippen LogP contribution in [0.1, 0.15) is 25.8 Å². The van der Waals surface area contributed by atoms with Crippen LogP contribution in [0.15, 0.2) is 70.0 Å². The summed E-state index contributed by atoms with van der Waals surface area (Å²) in [6.45, 7) is 6.05. The van der Waals surface area contributed by atoms with Crippen molar-refractivity contribution in [3.05, 3.63) is 66.2 Å². The number of hydrogen-bond acceptors (Lipinski definition) is 2. The average molecular weight is 356 g/mol. The molecule has 2 atom stereocenters. The Kier molecular flexibility index (Phi) is 5.23. The van der Waals surface area contributed by atoms with E-state index in [0.717, 1.165) is 25.1 Å². The van der Waals surface area contributed by atoms with Crippen LogP contribution in [0.4, 0.5) is 0 Å². The second kappa shape index (κ2) is 7.40. The quantitative estimate of drug-likeness (QED) is 0.621. The first kappa shape index (κ1) is 17.7. The second-order valence-corrected chi connectivity index (χ2v) is 8.52. The van der Waals surface area contributed by atoms with Gasteiger partial charge in [0.2, 0.25) is 0 Å². The van der Waals surface area contributed by atoms with Gasteiger partial charge in [-0.1, -0.05) is 62.4 Å². The third-order valence-electron chi connectivity index (χ3n) is 4.45. The Balaban J connectivity index is 2.05. The predicted octanol–water partition coefficient (Wildman–Crippen LogP) is 3.80. The van der Waals surface area contributed by atoms with Gasteiger partial charge in [-0.15, -0.1) is 4.40 Å². The number of likely N-dealkylation sites (tertiary alicyclic amines) is 1. The van der Waals surface area contributed by atoms with Crippen LogP contribution in [0, 0.1) is 11.8 Å². The fourth-order valence-corrected chi connectivity index (χ4v) is 4.53. The highest BCUT2D eigenvalue weighted by molar-refractivity contribution is 7.90. The molecule has 0 radical (unpaired) electrons. The summed E-state index contributed by atoms with van der Waals surface area (Å²) in [7, 11) is -3.75. The highest BCUT2D eigenvalue weighted by Crippen LogP contribution is 2.24. The minimum atomic E-state index is -3.75. The summed E-state index contributed by atoms with van der Waals surface area (Å²) in [5, 5.41) is 0. The summed E-state index contributed by atoms with van der Waals surface area (Å²) in [5.74, 6) is 1.57. The number of benzene rings is 2. The third kappa shape index (κ3) is 4.28. The molecule has 132 valence electrons. The Morgan fingerprint density at radius 1 is 0.920 bits per heavy atom. The van der Waals surface area contributed by atoms with Crippen molar-refractivity contribution in [2.24, 2.45) is 16.2 Å². The Morgan fingerprint density at radius 3 is 2.00 bits per heavy atom. The number of sulfonamides is 1. The molecule has 0 aromatic heterocycles. The second-order valence-electron chi connectivity index (χ2n) is 6.92. The Labute approximate surface area is 150 Å². The monoisotopic (exact) mass is 356 g/mol. The van der Waals surface area contributed by atoms with Crippen LogP contribution in [-0.2, 0) is 10.0 Å². The minimum absolute atomic E-state index is 0.224. The molecule has 0 bridgehead atoms. The maximum atomic E-state index is 12.8. The molecule has 3 rings (SSSR count). The number of piperidine rings is 1. The van der Waals surface area contributed by atoms with Crippen molar-refractivity contribution in [2.45, 2.75) is 25.2 Å². The van der Waals surface area contributed by atoms with Gasteiger partial charge in [0, 0.05) is 18.7 Å². The molecule has 1 heterocycles. The van der Waals surface area contributed by atoms with Crippen molar-refractivity contribution in [1.29, 1.82) is 0 Å². The topological polar surface area (TPSA) is 49.7 Å². The summed E-state index contributed by atoms with van der Waals surface area (Å²) >= 11 is 0. The molecule has 0 saturated carbocycles. The van der Waals surface area contributed by atoms with Gasteiger partial charge in [-0.05, 0) is 30.4 Å². The highest BCUT2D eigenvalue weighted by Gasteiger charge is 2.27. The van der Waals surface area contributed by atoms with Crippen LogP contribution < -0.4 is 0 Å². The first-order valence-corrected chi connectivity index (χ1v) is 10.1. The molecule has 1 fully saturated rings. The lowest BCUT2D eigenvalue weighted by Gasteiger charge is -2.37. The number of rotatable bonds is 3. The molecule has 0 aliphatic carbocycles. The maximum Gasteiger partial charge on any atom is 0.284 e. The molecule has 4 nitrogen and oxygen atoms in total. The van der Waals surface area contributed by atoms with Crippen molar-refractivity contribution in [1.82, 2.24) is 4.90 Å². The van der Waals surface area contributed by atoms with E-state index in [1.165, 1.54) is 0 Å². The fraction of sp³-hybridized carbons (Fsp3) is 0.350. The molecule has 5 heteroatoms. The van der Waals surface area contributed by atoms with Gasteiger partial charge in [-0.25, -0.2) is 0 Å². The lowest BCUT2D eigenvalue weighted by atomic mass is 9.91. The lowest BCUT2D eigenvalue weighted by molar-refractivity contribution is 0.214. The smallest absolute Gasteiger partial charge is 0.284 e. The Bertz CT molecular complexity index is 823. The maximum absolute atomic E-state index is 12.8. The molecule has 2 aromatic rings. The van der Waals surface area contributed by atoms with Gasteiger partial charge in [-0.2, -0.15) is 8.42 Å². The molecule has 2 aromatic carbocycles. The van der Waals surface area contributed by atoms with E-state index < -0.39 is 10.0 Å². The number of amidine groups is 1. The van der Waals surface area contributed by atoms with Gasteiger partial charge in [0.25, 0.3) is 10.0 Å². The number of hydrogen-bond donors (Lipinski definition) is 0. The molecule has 25 heavy (non-hydrogen) atoms. The summed E-state index contributed by atoms with van der Waals surface area (Å²) in [6.07, 6.45) is 1.16. The lowest BCUT2D eigenvalue weighted by Crippen LogP contribution is -2.43. The third-order valence-corrected chi connectivity index (χ3v) is 5.73. The summed E-state index contributed by atoms with van der Waals surface area (Å²) in [5.41, 5.74) is 0.836. The molecule has 1 saturated heterocycles. The van der Waals surface area contributed by atoms with Crippen LogP contribution in [0.5, 0.6) is 0 Å². The molecule has 0 N–H and O–H groups in total. The van der Waals surface area contributed by atoms with Crippen molar-refractivity contribution in [3.8, 4) is 0 Å². The van der Waals surface area contributed by atoms with E-state index in [9.17, 15) is 8.42 Å². The van der Waals surface area contributed by atoms with Gasteiger partial charge >= 0.3 is 0 Å². The van der Waals surface area contributed by atoms with E-state index in [4.69, 9.17) is 0 Å². The van der Waals surface area contributed by atoms with E-state index in [0.29, 0.717) is 17.7 Å². The molecule has 1 aliphatic rings. The Morgan fingerprint density at radius 2 is 1.44 bits per heavy atom. The minimum Gasteiger partial charge on any atom is -0.355 e. The van der Waals surface area contributed by atoms with Crippen molar-refractivity contribution >= 4 is 15.9 Å². The van der Waals surface area contributed by atoms with Crippen molar-refractivity contribution in [2.75, 3.05) is 13.1 Å². The van der Waals surface area contributed by atoms with Gasteiger partial charge in [-0.3, -0.25) is 0 Å². The van der Waals surface area contributed by atoms with Crippen LogP contribution in [0.2, 0.25) is 0 Å². The first-order valence-electron chi connectivity index (χ1n) is 8.66. The van der Waals surface area contributed by atoms with Gasteiger partial charge in [0.15, 0.2) is 0 Å². The molecule has 2 unspecified atom stereocenters. The van der Waals surface area contributed by atoms with Crippen LogP contribution in [0.3, 0.4) is 0 Å². The average Bonchev–Trinajstić information content (AvgIpc) is 2.60. The summed E-state index contributed by atoms with van der Waals surface area (Å²) < 4.78 is 29.9. The summed E-state index contributed by atoms with van der Waals surface area (Å²) in [4.78, 5) is 2.34. The Hall–Kier alpha value is -2.14. The van der Waals surface area contributed by atoms with Gasteiger partial charge in [0.1, 0.15) is 5.84 Å². The van der Waals surface area contributed by atoms with E-state index in [-0.39, 0.29) is 4.90 Å². The predicted molar refractivity (Wildman–Crippen MR) is 101 cm³/mol. The zero-order chi connectivity index (χ0) is 17.9. The van der Waals surface area contributed by atoms with Gasteiger partial charge in [0.05, 0.1) is 4.90 Å². The zero-order valence-corrected chi connectivity index (χ0v) is 15.5. The van der Waals surface area contributed by atoms with E-state index in [1.54, 1.807) is 30.3 Å². The van der Waals surface area contributed by atoms with E-state index in [1.807, 2.05) is 30.3 Å². The highest BCUT2D eigenvalue weighted by atomic mass is 32.2. The fourth-order valence-electron chi connectivity index (χ4n) is 3.48. The first-order chi connectivity index (χ1) is 12.0.